The van der Waals surface area contributed by atoms with E-state index >= 15 is 0 Å². The zero-order chi connectivity index (χ0) is 10.7. The van der Waals surface area contributed by atoms with Crippen molar-refractivity contribution in [1.29, 1.82) is 0 Å². The first-order valence-corrected chi connectivity index (χ1v) is 4.56. The zero-order valence-electron chi connectivity index (χ0n) is 8.12. The van der Waals surface area contributed by atoms with Gasteiger partial charge in [-0.3, -0.25) is 4.79 Å². The average Bonchev–Trinajstić information content (AvgIpc) is 2.11. The summed E-state index contributed by atoms with van der Waals surface area (Å²) in [6, 6.07) is 4.67. The van der Waals surface area contributed by atoms with Crippen LogP contribution >= 0.6 is 11.6 Å². The molecule has 0 heterocycles. The quantitative estimate of drug-likeness (QED) is 0.812. The SMILES string of the molecule is CN(C)C(=O)Cc1cc(Cl)ccc1O. The minimum absolute atomic E-state index is 0.0671. The van der Waals surface area contributed by atoms with E-state index in [9.17, 15) is 9.90 Å². The van der Waals surface area contributed by atoms with Gasteiger partial charge in [0.2, 0.25) is 5.91 Å². The molecule has 1 amide bonds. The molecule has 1 aromatic rings. The number of benzene rings is 1. The Morgan fingerprint density at radius 3 is 2.71 bits per heavy atom. The Hall–Kier alpha value is -1.22. The summed E-state index contributed by atoms with van der Waals surface area (Å²) < 4.78 is 0. The van der Waals surface area contributed by atoms with Crippen LogP contribution in [0.5, 0.6) is 5.75 Å². The van der Waals surface area contributed by atoms with Crippen LogP contribution in [0.3, 0.4) is 0 Å². The standard InChI is InChI=1S/C10H12ClNO2/c1-12(2)10(14)6-7-5-8(11)3-4-9(7)13/h3-5,13H,6H2,1-2H3. The fourth-order valence-electron chi connectivity index (χ4n) is 1.02. The van der Waals surface area contributed by atoms with Crippen molar-refractivity contribution in [3.63, 3.8) is 0 Å². The average molecular weight is 214 g/mol. The van der Waals surface area contributed by atoms with Crippen molar-refractivity contribution in [3.8, 4) is 5.75 Å². The van der Waals surface area contributed by atoms with Crippen molar-refractivity contribution in [2.24, 2.45) is 0 Å². The number of halogens is 1. The van der Waals surface area contributed by atoms with E-state index in [0.29, 0.717) is 10.6 Å². The van der Waals surface area contributed by atoms with E-state index in [4.69, 9.17) is 11.6 Å². The third-order valence-corrected chi connectivity index (χ3v) is 2.12. The lowest BCUT2D eigenvalue weighted by Gasteiger charge is -2.10. The molecular weight excluding hydrogens is 202 g/mol. The van der Waals surface area contributed by atoms with E-state index in [1.54, 1.807) is 26.2 Å². The highest BCUT2D eigenvalue weighted by atomic mass is 35.5. The number of nitrogens with zero attached hydrogens (tertiary/aromatic N) is 1. The predicted molar refractivity (Wildman–Crippen MR) is 55.5 cm³/mol. The molecule has 1 aromatic carbocycles. The number of hydrogen-bond acceptors (Lipinski definition) is 2. The molecule has 0 aliphatic rings. The number of amides is 1. The van der Waals surface area contributed by atoms with Gasteiger partial charge in [0.15, 0.2) is 0 Å². The molecule has 1 N–H and O–H groups in total. The number of carbonyl (C=O) groups is 1. The molecule has 14 heavy (non-hydrogen) atoms. The fraction of sp³-hybridized carbons (Fsp3) is 0.300. The van der Waals surface area contributed by atoms with Gasteiger partial charge in [-0.1, -0.05) is 11.6 Å². The van der Waals surface area contributed by atoms with Gasteiger partial charge in [-0.25, -0.2) is 0 Å². The summed E-state index contributed by atoms with van der Waals surface area (Å²) in [5, 5.41) is 9.95. The number of aromatic hydroxyl groups is 1. The van der Waals surface area contributed by atoms with Gasteiger partial charge in [0, 0.05) is 24.7 Å². The topological polar surface area (TPSA) is 40.5 Å². The van der Waals surface area contributed by atoms with Crippen LogP contribution in [0.2, 0.25) is 5.02 Å². The van der Waals surface area contributed by atoms with Gasteiger partial charge in [-0.15, -0.1) is 0 Å². The predicted octanol–water partition coefficient (Wildman–Crippen LogP) is 1.68. The van der Waals surface area contributed by atoms with E-state index in [0.717, 1.165) is 0 Å². The number of phenols is 1. The van der Waals surface area contributed by atoms with Crippen LogP contribution in [0.15, 0.2) is 18.2 Å². The third-order valence-electron chi connectivity index (χ3n) is 1.88. The summed E-state index contributed by atoms with van der Waals surface area (Å²) >= 11 is 5.74. The fourth-order valence-corrected chi connectivity index (χ4v) is 1.21. The molecule has 0 spiro atoms. The Morgan fingerprint density at radius 2 is 2.14 bits per heavy atom. The largest absolute Gasteiger partial charge is 0.508 e. The maximum absolute atomic E-state index is 11.3. The minimum atomic E-state index is -0.0671. The lowest BCUT2D eigenvalue weighted by molar-refractivity contribution is -0.127. The molecule has 0 aliphatic carbocycles. The molecule has 0 saturated carbocycles. The summed E-state index contributed by atoms with van der Waals surface area (Å²) in [5.74, 6) is 0.0344. The Labute approximate surface area is 87.9 Å². The van der Waals surface area contributed by atoms with Gasteiger partial charge < -0.3 is 10.0 Å². The second kappa shape index (κ2) is 4.33. The number of carbonyl (C=O) groups excluding carboxylic acids is 1. The molecule has 1 rings (SSSR count). The molecule has 0 aromatic heterocycles. The van der Waals surface area contributed by atoms with Gasteiger partial charge in [0.25, 0.3) is 0 Å². The van der Waals surface area contributed by atoms with E-state index in [-0.39, 0.29) is 18.1 Å². The molecule has 0 aliphatic heterocycles. The van der Waals surface area contributed by atoms with Gasteiger partial charge in [0.1, 0.15) is 5.75 Å². The Balaban J connectivity index is 2.86. The molecule has 0 radical (unpaired) electrons. The van der Waals surface area contributed by atoms with Gasteiger partial charge in [-0.05, 0) is 18.2 Å². The van der Waals surface area contributed by atoms with Crippen molar-refractivity contribution in [3.05, 3.63) is 28.8 Å². The minimum Gasteiger partial charge on any atom is -0.508 e. The van der Waals surface area contributed by atoms with E-state index in [2.05, 4.69) is 0 Å². The number of rotatable bonds is 2. The normalized spacial score (nSPS) is 9.93. The first kappa shape index (κ1) is 10.9. The van der Waals surface area contributed by atoms with Crippen LogP contribution in [0.1, 0.15) is 5.56 Å². The molecular formula is C10H12ClNO2. The number of likely N-dealkylation sites (N-methyl/N-ethyl adjacent to an activating group) is 1. The van der Waals surface area contributed by atoms with Crippen molar-refractivity contribution in [1.82, 2.24) is 4.90 Å². The number of hydrogen-bond donors (Lipinski definition) is 1. The maximum atomic E-state index is 11.3. The Kier molecular flexibility index (Phi) is 3.36. The monoisotopic (exact) mass is 213 g/mol. The molecule has 3 nitrogen and oxygen atoms in total. The van der Waals surface area contributed by atoms with Crippen LogP contribution in [0, 0.1) is 0 Å². The summed E-state index contributed by atoms with van der Waals surface area (Å²) in [5.41, 5.74) is 0.552. The second-order valence-corrected chi connectivity index (χ2v) is 3.67. The van der Waals surface area contributed by atoms with Crippen molar-refractivity contribution < 1.29 is 9.90 Å². The van der Waals surface area contributed by atoms with Crippen molar-refractivity contribution >= 4 is 17.5 Å². The van der Waals surface area contributed by atoms with E-state index < -0.39 is 0 Å². The highest BCUT2D eigenvalue weighted by Gasteiger charge is 2.09. The molecule has 0 atom stereocenters. The van der Waals surface area contributed by atoms with Crippen LogP contribution in [0.4, 0.5) is 0 Å². The van der Waals surface area contributed by atoms with Crippen molar-refractivity contribution in [2.75, 3.05) is 14.1 Å². The van der Waals surface area contributed by atoms with Gasteiger partial charge in [0.05, 0.1) is 6.42 Å². The van der Waals surface area contributed by atoms with Crippen LogP contribution in [-0.2, 0) is 11.2 Å². The molecule has 0 bridgehead atoms. The number of phenolic OH excluding ortho intramolecular Hbond substituents is 1. The lowest BCUT2D eigenvalue weighted by Crippen LogP contribution is -2.23. The Morgan fingerprint density at radius 1 is 1.50 bits per heavy atom. The second-order valence-electron chi connectivity index (χ2n) is 3.24. The van der Waals surface area contributed by atoms with Crippen LogP contribution < -0.4 is 0 Å². The first-order chi connectivity index (χ1) is 6.50. The van der Waals surface area contributed by atoms with E-state index in [1.807, 2.05) is 0 Å². The van der Waals surface area contributed by atoms with Crippen LogP contribution in [0.25, 0.3) is 0 Å². The summed E-state index contributed by atoms with van der Waals surface area (Å²) in [4.78, 5) is 12.8. The highest BCUT2D eigenvalue weighted by Crippen LogP contribution is 2.22. The highest BCUT2D eigenvalue weighted by molar-refractivity contribution is 6.30. The lowest BCUT2D eigenvalue weighted by atomic mass is 10.1. The van der Waals surface area contributed by atoms with Gasteiger partial charge >= 0.3 is 0 Å². The summed E-state index contributed by atoms with van der Waals surface area (Å²) in [7, 11) is 3.34. The third kappa shape index (κ3) is 2.64. The van der Waals surface area contributed by atoms with Crippen molar-refractivity contribution in [2.45, 2.75) is 6.42 Å². The summed E-state index contributed by atoms with van der Waals surface area (Å²) in [6.07, 6.45) is 0.166. The molecule has 4 heteroatoms. The molecule has 0 unspecified atom stereocenters. The molecule has 0 saturated heterocycles. The van der Waals surface area contributed by atoms with Crippen LogP contribution in [-0.4, -0.2) is 30.0 Å². The maximum Gasteiger partial charge on any atom is 0.226 e. The first-order valence-electron chi connectivity index (χ1n) is 4.18. The van der Waals surface area contributed by atoms with E-state index in [1.165, 1.54) is 11.0 Å². The zero-order valence-corrected chi connectivity index (χ0v) is 8.88. The molecule has 0 fully saturated rings. The molecule has 76 valence electrons. The smallest absolute Gasteiger partial charge is 0.226 e. The Bertz CT molecular complexity index is 350. The van der Waals surface area contributed by atoms with Gasteiger partial charge in [-0.2, -0.15) is 0 Å². The summed E-state index contributed by atoms with van der Waals surface area (Å²) in [6.45, 7) is 0.